The van der Waals surface area contributed by atoms with Crippen molar-refractivity contribution in [2.75, 3.05) is 5.75 Å². The predicted molar refractivity (Wildman–Crippen MR) is 86.0 cm³/mol. The zero-order valence-corrected chi connectivity index (χ0v) is 12.4. The SMILES string of the molecule is c1ccc(-c2cc(-c3ccccc3)[n+]3c(n2)SCC3)cc1. The molecule has 0 radical (unpaired) electrons. The zero-order valence-electron chi connectivity index (χ0n) is 11.6. The monoisotopic (exact) mass is 291 g/mol. The summed E-state index contributed by atoms with van der Waals surface area (Å²) in [6, 6.07) is 23.2. The maximum atomic E-state index is 4.84. The average Bonchev–Trinajstić information content (AvgIpc) is 3.04. The first kappa shape index (κ1) is 12.6. The third-order valence-corrected chi connectivity index (χ3v) is 4.65. The van der Waals surface area contributed by atoms with Crippen LogP contribution >= 0.6 is 11.8 Å². The number of aromatic nitrogens is 2. The summed E-state index contributed by atoms with van der Waals surface area (Å²) >= 11 is 1.84. The molecule has 1 aliphatic rings. The molecule has 2 aromatic carbocycles. The van der Waals surface area contributed by atoms with E-state index in [1.54, 1.807) is 0 Å². The van der Waals surface area contributed by atoms with Crippen LogP contribution in [0.4, 0.5) is 0 Å². The van der Waals surface area contributed by atoms with Gasteiger partial charge >= 0.3 is 5.16 Å². The average molecular weight is 291 g/mol. The van der Waals surface area contributed by atoms with Crippen LogP contribution in [0.2, 0.25) is 0 Å². The fourth-order valence-corrected chi connectivity index (χ4v) is 3.63. The van der Waals surface area contributed by atoms with E-state index in [-0.39, 0.29) is 0 Å². The second kappa shape index (κ2) is 5.34. The Morgan fingerprint density at radius 3 is 2.24 bits per heavy atom. The van der Waals surface area contributed by atoms with Gasteiger partial charge in [-0.3, -0.25) is 0 Å². The third kappa shape index (κ3) is 2.34. The van der Waals surface area contributed by atoms with Gasteiger partial charge in [0.15, 0.2) is 5.69 Å². The molecule has 0 N–H and O–H groups in total. The van der Waals surface area contributed by atoms with E-state index in [0.717, 1.165) is 23.1 Å². The highest BCUT2D eigenvalue weighted by atomic mass is 32.2. The standard InChI is InChI=1S/C18H15N2S/c1-3-7-14(8-4-1)16-13-17(15-9-5-2-6-10-15)20-11-12-21-18(20)19-16/h1-10,13H,11-12H2/q+1. The molecule has 4 rings (SSSR count). The van der Waals surface area contributed by atoms with Crippen LogP contribution in [0.15, 0.2) is 71.9 Å². The van der Waals surface area contributed by atoms with Crippen LogP contribution in [-0.4, -0.2) is 10.7 Å². The van der Waals surface area contributed by atoms with E-state index in [2.05, 4.69) is 65.2 Å². The van der Waals surface area contributed by atoms with Gasteiger partial charge in [0.1, 0.15) is 12.2 Å². The number of benzene rings is 2. The number of thioether (sulfide) groups is 1. The molecular formula is C18H15N2S+. The first-order valence-electron chi connectivity index (χ1n) is 7.10. The second-order valence-electron chi connectivity index (χ2n) is 5.04. The van der Waals surface area contributed by atoms with Crippen molar-refractivity contribution in [2.24, 2.45) is 0 Å². The maximum Gasteiger partial charge on any atom is 0.360 e. The minimum absolute atomic E-state index is 1.03. The lowest BCUT2D eigenvalue weighted by atomic mass is 10.1. The molecule has 0 amide bonds. The van der Waals surface area contributed by atoms with Crippen LogP contribution in [-0.2, 0) is 6.54 Å². The molecule has 102 valence electrons. The number of hydrogen-bond acceptors (Lipinski definition) is 2. The van der Waals surface area contributed by atoms with Crippen molar-refractivity contribution in [1.82, 2.24) is 4.98 Å². The van der Waals surface area contributed by atoms with Gasteiger partial charge in [-0.2, -0.15) is 0 Å². The molecule has 1 aliphatic heterocycles. The van der Waals surface area contributed by atoms with E-state index in [9.17, 15) is 0 Å². The highest BCUT2D eigenvalue weighted by Gasteiger charge is 2.27. The molecule has 0 atom stereocenters. The van der Waals surface area contributed by atoms with Crippen LogP contribution in [0, 0.1) is 0 Å². The number of fused-ring (bicyclic) bond motifs is 1. The highest BCUT2D eigenvalue weighted by molar-refractivity contribution is 7.99. The first-order chi connectivity index (χ1) is 10.4. The molecule has 3 aromatic rings. The topological polar surface area (TPSA) is 16.8 Å². The van der Waals surface area contributed by atoms with Crippen LogP contribution in [0.1, 0.15) is 0 Å². The molecule has 0 bridgehead atoms. The molecule has 0 aliphatic carbocycles. The lowest BCUT2D eigenvalue weighted by molar-refractivity contribution is -0.716. The summed E-state index contributed by atoms with van der Waals surface area (Å²) in [5.74, 6) is 1.10. The molecule has 0 fully saturated rings. The van der Waals surface area contributed by atoms with Gasteiger partial charge < -0.3 is 0 Å². The fourth-order valence-electron chi connectivity index (χ4n) is 2.67. The zero-order chi connectivity index (χ0) is 14.1. The van der Waals surface area contributed by atoms with E-state index in [0.29, 0.717) is 0 Å². The van der Waals surface area contributed by atoms with E-state index in [1.165, 1.54) is 16.8 Å². The first-order valence-corrected chi connectivity index (χ1v) is 8.09. The van der Waals surface area contributed by atoms with Gasteiger partial charge in [0, 0.05) is 22.9 Å². The molecule has 21 heavy (non-hydrogen) atoms. The van der Waals surface area contributed by atoms with Crippen molar-refractivity contribution in [3.05, 3.63) is 66.7 Å². The Hall–Kier alpha value is -2.13. The molecule has 0 saturated heterocycles. The molecule has 0 spiro atoms. The van der Waals surface area contributed by atoms with Gasteiger partial charge in [0.05, 0.1) is 0 Å². The minimum atomic E-state index is 1.03. The number of hydrogen-bond donors (Lipinski definition) is 0. The number of rotatable bonds is 2. The van der Waals surface area contributed by atoms with E-state index in [4.69, 9.17) is 4.98 Å². The summed E-state index contributed by atoms with van der Waals surface area (Å²) in [6.07, 6.45) is 0. The Morgan fingerprint density at radius 1 is 0.857 bits per heavy atom. The van der Waals surface area contributed by atoms with Crippen LogP contribution in [0.3, 0.4) is 0 Å². The normalized spacial score (nSPS) is 13.1. The van der Waals surface area contributed by atoms with Gasteiger partial charge in [0.2, 0.25) is 0 Å². The van der Waals surface area contributed by atoms with Crippen LogP contribution < -0.4 is 4.57 Å². The fraction of sp³-hybridized carbons (Fsp3) is 0.111. The van der Waals surface area contributed by atoms with Gasteiger partial charge in [0.25, 0.3) is 0 Å². The van der Waals surface area contributed by atoms with Gasteiger partial charge in [-0.25, -0.2) is 4.57 Å². The Bertz CT molecular complexity index is 770. The smallest absolute Gasteiger partial charge is 0.217 e. The second-order valence-corrected chi connectivity index (χ2v) is 6.10. The lowest BCUT2D eigenvalue weighted by Crippen LogP contribution is -2.36. The summed E-state index contributed by atoms with van der Waals surface area (Å²) in [4.78, 5) is 4.84. The molecule has 2 heterocycles. The Kier molecular flexibility index (Phi) is 3.20. The largest absolute Gasteiger partial charge is 0.360 e. The van der Waals surface area contributed by atoms with E-state index >= 15 is 0 Å². The Labute approximate surface area is 128 Å². The Morgan fingerprint density at radius 2 is 1.52 bits per heavy atom. The van der Waals surface area contributed by atoms with Crippen molar-refractivity contribution < 1.29 is 4.57 Å². The Balaban J connectivity index is 1.92. The molecular weight excluding hydrogens is 276 g/mol. The molecule has 1 aromatic heterocycles. The molecule has 3 heteroatoms. The van der Waals surface area contributed by atoms with Crippen molar-refractivity contribution in [1.29, 1.82) is 0 Å². The summed E-state index contributed by atoms with van der Waals surface area (Å²) in [7, 11) is 0. The minimum Gasteiger partial charge on any atom is -0.217 e. The van der Waals surface area contributed by atoms with Crippen molar-refractivity contribution in [3.63, 3.8) is 0 Å². The summed E-state index contributed by atoms with van der Waals surface area (Å²) < 4.78 is 2.33. The molecule has 2 nitrogen and oxygen atoms in total. The third-order valence-electron chi connectivity index (χ3n) is 3.70. The lowest BCUT2D eigenvalue weighted by Gasteiger charge is -2.06. The van der Waals surface area contributed by atoms with Gasteiger partial charge in [-0.05, 0) is 16.7 Å². The summed E-state index contributed by atoms with van der Waals surface area (Å²) in [5, 5.41) is 1.12. The number of nitrogens with zero attached hydrogens (tertiary/aromatic N) is 2. The summed E-state index contributed by atoms with van der Waals surface area (Å²) in [6.45, 7) is 1.03. The predicted octanol–water partition coefficient (Wildman–Crippen LogP) is 3.81. The summed E-state index contributed by atoms with van der Waals surface area (Å²) in [5.41, 5.74) is 4.73. The van der Waals surface area contributed by atoms with E-state index < -0.39 is 0 Å². The quantitative estimate of drug-likeness (QED) is 0.527. The van der Waals surface area contributed by atoms with Crippen LogP contribution in [0.25, 0.3) is 22.5 Å². The highest BCUT2D eigenvalue weighted by Crippen LogP contribution is 2.28. The van der Waals surface area contributed by atoms with Crippen molar-refractivity contribution in [3.8, 4) is 22.5 Å². The van der Waals surface area contributed by atoms with Crippen molar-refractivity contribution in [2.45, 2.75) is 11.7 Å². The maximum absolute atomic E-state index is 4.84. The van der Waals surface area contributed by atoms with Crippen LogP contribution in [0.5, 0.6) is 0 Å². The molecule has 0 saturated carbocycles. The van der Waals surface area contributed by atoms with Crippen molar-refractivity contribution >= 4 is 11.8 Å². The molecule has 0 unspecified atom stereocenters. The van der Waals surface area contributed by atoms with E-state index in [1.807, 2.05) is 17.8 Å². The van der Waals surface area contributed by atoms with Gasteiger partial charge in [-0.1, -0.05) is 60.7 Å². The van der Waals surface area contributed by atoms with Gasteiger partial charge in [-0.15, -0.1) is 0 Å².